The van der Waals surface area contributed by atoms with Gasteiger partial charge in [-0.2, -0.15) is 9.57 Å². The minimum absolute atomic E-state index is 0.263. The zero-order valence-corrected chi connectivity index (χ0v) is 21.5. The molecule has 1 atom stereocenters. The summed E-state index contributed by atoms with van der Waals surface area (Å²) in [7, 11) is -3.48. The first-order valence-electron chi connectivity index (χ1n) is 12.3. The van der Waals surface area contributed by atoms with E-state index < -0.39 is 16.1 Å². The average Bonchev–Trinajstić information content (AvgIpc) is 3.27. The Balaban J connectivity index is 1.57. The number of nitriles is 1. The molecule has 1 aliphatic rings. The summed E-state index contributed by atoms with van der Waals surface area (Å²) in [6.07, 6.45) is 9.79. The van der Waals surface area contributed by atoms with Crippen molar-refractivity contribution in [1.29, 1.82) is 5.26 Å². The van der Waals surface area contributed by atoms with Crippen LogP contribution in [-0.2, 0) is 27.8 Å². The highest BCUT2D eigenvalue weighted by molar-refractivity contribution is 7.88. The van der Waals surface area contributed by atoms with Crippen LogP contribution >= 0.6 is 0 Å². The number of hydrogen-bond donors (Lipinski definition) is 1. The van der Waals surface area contributed by atoms with Gasteiger partial charge >= 0.3 is 0 Å². The highest BCUT2D eigenvalue weighted by atomic mass is 32.2. The third-order valence-corrected chi connectivity index (χ3v) is 7.65. The van der Waals surface area contributed by atoms with E-state index in [1.807, 2.05) is 22.8 Å². The van der Waals surface area contributed by atoms with Crippen molar-refractivity contribution in [3.63, 3.8) is 0 Å². The van der Waals surface area contributed by atoms with E-state index in [9.17, 15) is 13.2 Å². The van der Waals surface area contributed by atoms with Gasteiger partial charge in [0.1, 0.15) is 6.04 Å². The lowest BCUT2D eigenvalue weighted by molar-refractivity contribution is -0.126. The van der Waals surface area contributed by atoms with Crippen LogP contribution < -0.4 is 5.32 Å². The predicted octanol–water partition coefficient (Wildman–Crippen LogP) is 1.99. The zero-order valence-electron chi connectivity index (χ0n) is 20.7. The Labute approximate surface area is 208 Å². The maximum absolute atomic E-state index is 13.1. The molecule has 1 saturated heterocycles. The summed E-state index contributed by atoms with van der Waals surface area (Å²) in [5.41, 5.74) is 2.56. The first-order valence-corrected chi connectivity index (χ1v) is 14.1. The number of hydrogen-bond acceptors (Lipinski definition) is 6. The van der Waals surface area contributed by atoms with E-state index in [0.29, 0.717) is 44.7 Å². The van der Waals surface area contributed by atoms with Crippen LogP contribution in [0.5, 0.6) is 0 Å². The Morgan fingerprint density at radius 1 is 1.26 bits per heavy atom. The maximum Gasteiger partial charge on any atom is 0.239 e. The summed E-state index contributed by atoms with van der Waals surface area (Å²) < 4.78 is 28.0. The van der Waals surface area contributed by atoms with E-state index in [2.05, 4.69) is 28.2 Å². The summed E-state index contributed by atoms with van der Waals surface area (Å²) >= 11 is 0. The minimum atomic E-state index is -3.48. The van der Waals surface area contributed by atoms with Crippen LogP contribution in [0.3, 0.4) is 0 Å². The van der Waals surface area contributed by atoms with Crippen molar-refractivity contribution in [2.45, 2.75) is 51.6 Å². The third-order valence-electron chi connectivity index (χ3n) is 6.36. The Hall–Kier alpha value is -2.74. The van der Waals surface area contributed by atoms with Gasteiger partial charge in [-0.25, -0.2) is 13.4 Å². The smallest absolute Gasteiger partial charge is 0.239 e. The first-order chi connectivity index (χ1) is 16.8. The zero-order chi connectivity index (χ0) is 25.3. The van der Waals surface area contributed by atoms with E-state index >= 15 is 0 Å². The van der Waals surface area contributed by atoms with Gasteiger partial charge in [0.15, 0.2) is 0 Å². The van der Waals surface area contributed by atoms with E-state index in [4.69, 9.17) is 5.26 Å². The van der Waals surface area contributed by atoms with Gasteiger partial charge in [0.25, 0.3) is 0 Å². The Morgan fingerprint density at radius 2 is 2.09 bits per heavy atom. The largest absolute Gasteiger partial charge is 0.354 e. The lowest BCUT2D eigenvalue weighted by atomic mass is 10.1. The molecule has 10 heteroatoms. The van der Waals surface area contributed by atoms with Crippen molar-refractivity contribution in [2.75, 3.05) is 39.0 Å². The molecule has 1 N–H and O–H groups in total. The molecule has 0 bridgehead atoms. The summed E-state index contributed by atoms with van der Waals surface area (Å²) in [5.74, 6) is -0.263. The van der Waals surface area contributed by atoms with Crippen LogP contribution in [0, 0.1) is 11.3 Å². The normalized spacial score (nSPS) is 17.2. The van der Waals surface area contributed by atoms with E-state index in [1.54, 1.807) is 18.6 Å². The molecule has 190 valence electrons. The SMILES string of the molecule is CCCCCCN1CCN(S(C)(=O)=O)C(C(=O)NCCc2cncn2Cc2cccc(C#N)c2)C1. The van der Waals surface area contributed by atoms with Gasteiger partial charge in [0, 0.05) is 51.0 Å². The molecule has 0 spiro atoms. The highest BCUT2D eigenvalue weighted by Gasteiger charge is 2.37. The molecule has 35 heavy (non-hydrogen) atoms. The number of nitrogens with zero attached hydrogens (tertiary/aromatic N) is 5. The monoisotopic (exact) mass is 500 g/mol. The summed E-state index contributed by atoms with van der Waals surface area (Å²) in [6.45, 7) is 5.41. The molecule has 9 nitrogen and oxygen atoms in total. The number of unbranched alkanes of at least 4 members (excludes halogenated alkanes) is 3. The van der Waals surface area contributed by atoms with Crippen LogP contribution in [0.15, 0.2) is 36.8 Å². The molecule has 1 amide bonds. The second kappa shape index (κ2) is 12.8. The summed E-state index contributed by atoms with van der Waals surface area (Å²) in [5, 5.41) is 12.1. The van der Waals surface area contributed by atoms with Gasteiger partial charge in [0.2, 0.25) is 15.9 Å². The molecule has 2 aromatic rings. The number of rotatable bonds is 12. The molecular weight excluding hydrogens is 464 g/mol. The summed E-state index contributed by atoms with van der Waals surface area (Å²) in [4.78, 5) is 19.5. The third kappa shape index (κ3) is 7.88. The number of aromatic nitrogens is 2. The van der Waals surface area contributed by atoms with Crippen LogP contribution in [0.25, 0.3) is 0 Å². The standard InChI is InChI=1S/C25H36N6O3S/c1-3-4-5-6-12-29-13-14-31(35(2,33)34)24(19-29)25(32)28-11-10-23-17-27-20-30(23)18-22-9-7-8-21(15-22)16-26/h7-9,15,17,20,24H,3-6,10-14,18-19H2,1-2H3,(H,28,32). The molecule has 1 aromatic heterocycles. The quantitative estimate of drug-likeness (QED) is 0.446. The number of benzene rings is 1. The van der Waals surface area contributed by atoms with Crippen molar-refractivity contribution in [3.05, 3.63) is 53.6 Å². The number of imidazole rings is 1. The number of sulfonamides is 1. The Bertz CT molecular complexity index is 1120. The Morgan fingerprint density at radius 3 is 2.83 bits per heavy atom. The number of amides is 1. The number of carbonyl (C=O) groups excluding carboxylic acids is 1. The second-order valence-electron chi connectivity index (χ2n) is 9.12. The van der Waals surface area contributed by atoms with E-state index in [-0.39, 0.29) is 5.91 Å². The molecule has 0 aliphatic carbocycles. The molecular formula is C25H36N6O3S. The average molecular weight is 501 g/mol. The predicted molar refractivity (Wildman–Crippen MR) is 135 cm³/mol. The first kappa shape index (κ1) is 26.9. The van der Waals surface area contributed by atoms with Crippen LogP contribution in [0.1, 0.15) is 49.4 Å². The fraction of sp³-hybridized carbons (Fsp3) is 0.560. The van der Waals surface area contributed by atoms with Gasteiger partial charge < -0.3 is 9.88 Å². The maximum atomic E-state index is 13.1. The Kier molecular flexibility index (Phi) is 9.83. The fourth-order valence-corrected chi connectivity index (χ4v) is 5.50. The fourth-order valence-electron chi connectivity index (χ4n) is 4.46. The van der Waals surface area contributed by atoms with Crippen LogP contribution in [0.4, 0.5) is 0 Å². The van der Waals surface area contributed by atoms with Crippen LogP contribution in [-0.4, -0.2) is 78.1 Å². The van der Waals surface area contributed by atoms with Crippen molar-refractivity contribution in [2.24, 2.45) is 0 Å². The van der Waals surface area contributed by atoms with E-state index in [1.165, 1.54) is 17.0 Å². The molecule has 1 aromatic carbocycles. The van der Waals surface area contributed by atoms with Gasteiger partial charge in [0.05, 0.1) is 24.2 Å². The lowest BCUT2D eigenvalue weighted by Crippen LogP contribution is -2.60. The van der Waals surface area contributed by atoms with Gasteiger partial charge in [-0.3, -0.25) is 9.69 Å². The number of carbonyl (C=O) groups is 1. The van der Waals surface area contributed by atoms with Crippen molar-refractivity contribution >= 4 is 15.9 Å². The lowest BCUT2D eigenvalue weighted by Gasteiger charge is -2.39. The van der Waals surface area contributed by atoms with Gasteiger partial charge in [-0.1, -0.05) is 38.3 Å². The van der Waals surface area contributed by atoms with Crippen LogP contribution in [0.2, 0.25) is 0 Å². The van der Waals surface area contributed by atoms with Gasteiger partial charge in [-0.15, -0.1) is 0 Å². The summed E-state index contributed by atoms with van der Waals surface area (Å²) in [6, 6.07) is 8.87. The number of piperazine rings is 1. The minimum Gasteiger partial charge on any atom is -0.354 e. The van der Waals surface area contributed by atoms with E-state index in [0.717, 1.165) is 37.1 Å². The topological polar surface area (TPSA) is 111 Å². The van der Waals surface area contributed by atoms with Crippen molar-refractivity contribution in [3.8, 4) is 6.07 Å². The molecule has 1 aliphatic heterocycles. The molecule has 1 unspecified atom stereocenters. The molecule has 1 fully saturated rings. The molecule has 0 radical (unpaired) electrons. The second-order valence-corrected chi connectivity index (χ2v) is 11.1. The number of nitrogens with one attached hydrogen (secondary N) is 1. The highest BCUT2D eigenvalue weighted by Crippen LogP contribution is 2.15. The molecule has 2 heterocycles. The van der Waals surface area contributed by atoms with Crippen molar-refractivity contribution < 1.29 is 13.2 Å². The molecule has 0 saturated carbocycles. The van der Waals surface area contributed by atoms with Crippen molar-refractivity contribution in [1.82, 2.24) is 24.1 Å². The van der Waals surface area contributed by atoms with Gasteiger partial charge in [-0.05, 0) is 30.7 Å². The molecule has 3 rings (SSSR count).